The van der Waals surface area contributed by atoms with E-state index in [2.05, 4.69) is 5.32 Å². The maximum absolute atomic E-state index is 14.8. The number of hydrogen-bond acceptors (Lipinski definition) is 6. The number of rotatable bonds is 14. The summed E-state index contributed by atoms with van der Waals surface area (Å²) in [5.41, 5.74) is 1.43. The summed E-state index contributed by atoms with van der Waals surface area (Å²) in [5.74, 6) is -0.474. The molecule has 50 heavy (non-hydrogen) atoms. The first-order valence-electron chi connectivity index (χ1n) is 16.1. The van der Waals surface area contributed by atoms with Gasteiger partial charge in [-0.25, -0.2) is 8.42 Å². The average Bonchev–Trinajstić information content (AvgIpc) is 3.63. The van der Waals surface area contributed by atoms with Crippen molar-refractivity contribution < 1.29 is 27.5 Å². The molecule has 1 atom stereocenters. The third-order valence-corrected chi connectivity index (χ3v) is 11.4. The van der Waals surface area contributed by atoms with Gasteiger partial charge in [-0.3, -0.25) is 13.9 Å². The molecule has 0 spiro atoms. The summed E-state index contributed by atoms with van der Waals surface area (Å²) in [5, 5.41) is 4.14. The first kappa shape index (κ1) is 37.3. The van der Waals surface area contributed by atoms with Gasteiger partial charge in [0.15, 0.2) is 11.5 Å². The third kappa shape index (κ3) is 8.84. The number of nitrogens with one attached hydrogen (secondary N) is 1. The molecular formula is C37H38Cl3N3O6S. The number of hydrogen-bond donors (Lipinski definition) is 1. The van der Waals surface area contributed by atoms with E-state index in [1.807, 2.05) is 30.3 Å². The van der Waals surface area contributed by atoms with Crippen LogP contribution in [0.3, 0.4) is 0 Å². The largest absolute Gasteiger partial charge is 0.493 e. The number of sulfonamides is 1. The van der Waals surface area contributed by atoms with Crippen LogP contribution in [-0.2, 0) is 32.6 Å². The zero-order valence-corrected chi connectivity index (χ0v) is 30.7. The maximum atomic E-state index is 14.8. The fourth-order valence-corrected chi connectivity index (χ4v) is 8.09. The standard InChI is InChI=1S/C37H38Cl3N3O6S/c1-48-34-20-19-29(22-35(34)49-2)50(46,47)43(28-17-15-26(38)16-18-28)24-36(44)42(23-30-31(39)13-8-14-32(30)40)33(21-25-9-4-3-5-10-25)37(45)41-27-11-6-7-12-27/h3-5,8-10,13-20,22,27,33H,6-7,11-12,21,23-24H2,1-2H3,(H,41,45)/t33-/m1/s1. The minimum Gasteiger partial charge on any atom is -0.493 e. The number of carbonyl (C=O) groups is 2. The molecule has 1 aliphatic rings. The van der Waals surface area contributed by atoms with Gasteiger partial charge in [0.05, 0.1) is 24.8 Å². The van der Waals surface area contributed by atoms with Gasteiger partial charge in [-0.15, -0.1) is 0 Å². The van der Waals surface area contributed by atoms with Gasteiger partial charge < -0.3 is 19.7 Å². The summed E-state index contributed by atoms with van der Waals surface area (Å²) in [6, 6.07) is 23.5. The van der Waals surface area contributed by atoms with Gasteiger partial charge in [-0.05, 0) is 66.9 Å². The molecule has 0 saturated heterocycles. The summed E-state index contributed by atoms with van der Waals surface area (Å²) in [6.45, 7) is -0.819. The van der Waals surface area contributed by atoms with Crippen molar-refractivity contribution in [2.75, 3.05) is 25.1 Å². The van der Waals surface area contributed by atoms with E-state index in [1.54, 1.807) is 18.2 Å². The van der Waals surface area contributed by atoms with Gasteiger partial charge in [0, 0.05) is 45.7 Å². The minimum absolute atomic E-state index is 0.0300. The average molecular weight is 759 g/mol. The summed E-state index contributed by atoms with van der Waals surface area (Å²) < 4.78 is 40.6. The minimum atomic E-state index is -4.41. The Bertz CT molecular complexity index is 1890. The molecule has 1 fully saturated rings. The molecule has 2 amide bonds. The van der Waals surface area contributed by atoms with Gasteiger partial charge in [-0.2, -0.15) is 0 Å². The molecule has 1 saturated carbocycles. The van der Waals surface area contributed by atoms with Crippen molar-refractivity contribution in [1.29, 1.82) is 0 Å². The molecule has 0 heterocycles. The Morgan fingerprint density at radius 2 is 1.48 bits per heavy atom. The van der Waals surface area contributed by atoms with Crippen LogP contribution in [-0.4, -0.2) is 58.0 Å². The number of methoxy groups -OCH3 is 2. The van der Waals surface area contributed by atoms with Crippen LogP contribution in [0, 0.1) is 0 Å². The molecule has 0 bridgehead atoms. The Morgan fingerprint density at radius 1 is 0.840 bits per heavy atom. The summed E-state index contributed by atoms with van der Waals surface area (Å²) in [6.07, 6.45) is 3.83. The lowest BCUT2D eigenvalue weighted by molar-refractivity contribution is -0.140. The van der Waals surface area contributed by atoms with Crippen molar-refractivity contribution in [2.45, 2.75) is 55.6 Å². The Labute approximate surface area is 308 Å². The van der Waals surface area contributed by atoms with E-state index in [1.165, 1.54) is 61.6 Å². The summed E-state index contributed by atoms with van der Waals surface area (Å²) in [7, 11) is -1.57. The van der Waals surface area contributed by atoms with Crippen LogP contribution in [0.1, 0.15) is 36.8 Å². The molecule has 0 radical (unpaired) electrons. The van der Waals surface area contributed by atoms with Gasteiger partial charge in [0.2, 0.25) is 11.8 Å². The highest BCUT2D eigenvalue weighted by Crippen LogP contribution is 2.33. The normalized spacial score (nSPS) is 13.8. The van der Waals surface area contributed by atoms with E-state index in [0.29, 0.717) is 26.4 Å². The van der Waals surface area contributed by atoms with E-state index in [0.717, 1.165) is 35.6 Å². The summed E-state index contributed by atoms with van der Waals surface area (Å²) in [4.78, 5) is 30.2. The second kappa shape index (κ2) is 16.8. The lowest BCUT2D eigenvalue weighted by Crippen LogP contribution is -2.54. The SMILES string of the molecule is COc1ccc(S(=O)(=O)N(CC(=O)N(Cc2c(Cl)cccc2Cl)[C@H](Cc2ccccc2)C(=O)NC2CCCC2)c2ccc(Cl)cc2)cc1OC. The van der Waals surface area contributed by atoms with E-state index >= 15 is 0 Å². The van der Waals surface area contributed by atoms with Crippen molar-refractivity contribution in [2.24, 2.45) is 0 Å². The lowest BCUT2D eigenvalue weighted by Gasteiger charge is -2.34. The fraction of sp³-hybridized carbons (Fsp3) is 0.297. The molecule has 1 aliphatic carbocycles. The monoisotopic (exact) mass is 757 g/mol. The molecule has 0 aromatic heterocycles. The van der Waals surface area contributed by atoms with E-state index < -0.39 is 28.5 Å². The second-order valence-corrected chi connectivity index (χ2v) is 15.0. The zero-order valence-electron chi connectivity index (χ0n) is 27.7. The quantitative estimate of drug-likeness (QED) is 0.142. The Morgan fingerprint density at radius 3 is 2.10 bits per heavy atom. The molecular weight excluding hydrogens is 721 g/mol. The smallest absolute Gasteiger partial charge is 0.264 e. The first-order valence-corrected chi connectivity index (χ1v) is 18.7. The van der Waals surface area contributed by atoms with Gasteiger partial charge >= 0.3 is 0 Å². The van der Waals surface area contributed by atoms with Gasteiger partial charge in [-0.1, -0.05) is 84.0 Å². The number of benzene rings is 4. The molecule has 9 nitrogen and oxygen atoms in total. The van der Waals surface area contributed by atoms with E-state index in [-0.39, 0.29) is 41.2 Å². The van der Waals surface area contributed by atoms with Crippen LogP contribution in [0.2, 0.25) is 15.1 Å². The number of nitrogens with zero attached hydrogens (tertiary/aromatic N) is 2. The predicted molar refractivity (Wildman–Crippen MR) is 197 cm³/mol. The molecule has 4 aromatic rings. The fourth-order valence-electron chi connectivity index (χ4n) is 6.02. The van der Waals surface area contributed by atoms with E-state index in [9.17, 15) is 18.0 Å². The zero-order chi connectivity index (χ0) is 35.8. The number of carbonyl (C=O) groups excluding carboxylic acids is 2. The molecule has 0 unspecified atom stereocenters. The highest BCUT2D eigenvalue weighted by atomic mass is 35.5. The number of anilines is 1. The highest BCUT2D eigenvalue weighted by molar-refractivity contribution is 7.92. The highest BCUT2D eigenvalue weighted by Gasteiger charge is 2.36. The van der Waals surface area contributed by atoms with Crippen LogP contribution >= 0.6 is 34.8 Å². The van der Waals surface area contributed by atoms with Gasteiger partial charge in [0.1, 0.15) is 12.6 Å². The molecule has 13 heteroatoms. The Balaban J connectivity index is 1.61. The van der Waals surface area contributed by atoms with Crippen molar-refractivity contribution in [1.82, 2.24) is 10.2 Å². The molecule has 4 aromatic carbocycles. The van der Waals surface area contributed by atoms with Crippen LogP contribution < -0.4 is 19.1 Å². The number of halogens is 3. The molecule has 0 aliphatic heterocycles. The molecule has 5 rings (SSSR count). The maximum Gasteiger partial charge on any atom is 0.264 e. The second-order valence-electron chi connectivity index (χ2n) is 11.9. The van der Waals surface area contributed by atoms with Gasteiger partial charge in [0.25, 0.3) is 10.0 Å². The molecule has 264 valence electrons. The van der Waals surface area contributed by atoms with Crippen molar-refractivity contribution in [3.63, 3.8) is 0 Å². The first-order chi connectivity index (χ1) is 24.0. The van der Waals surface area contributed by atoms with Crippen molar-refractivity contribution >= 4 is 62.3 Å². The van der Waals surface area contributed by atoms with Crippen LogP contribution in [0.5, 0.6) is 11.5 Å². The van der Waals surface area contributed by atoms with Crippen molar-refractivity contribution in [3.8, 4) is 11.5 Å². The summed E-state index contributed by atoms with van der Waals surface area (Å²) >= 11 is 19.4. The molecule has 1 N–H and O–H groups in total. The topological polar surface area (TPSA) is 105 Å². The Hall–Kier alpha value is -3.96. The lowest BCUT2D eigenvalue weighted by atomic mass is 10.0. The van der Waals surface area contributed by atoms with Crippen LogP contribution in [0.15, 0.2) is 95.9 Å². The Kier molecular flexibility index (Phi) is 12.6. The number of amides is 2. The van der Waals surface area contributed by atoms with Crippen molar-refractivity contribution in [3.05, 3.63) is 117 Å². The van der Waals surface area contributed by atoms with Crippen LogP contribution in [0.4, 0.5) is 5.69 Å². The van der Waals surface area contributed by atoms with Crippen LogP contribution in [0.25, 0.3) is 0 Å². The predicted octanol–water partition coefficient (Wildman–Crippen LogP) is 7.56. The number of ether oxygens (including phenoxy) is 2. The van der Waals surface area contributed by atoms with E-state index in [4.69, 9.17) is 44.3 Å². The third-order valence-electron chi connectivity index (χ3n) is 8.70.